The quantitative estimate of drug-likeness (QED) is 0.793. The Morgan fingerprint density at radius 3 is 2.70 bits per heavy atom. The van der Waals surface area contributed by atoms with Crippen LogP contribution in [0.4, 0.5) is 0 Å². The maximum Gasteiger partial charge on any atom is 0.173 e. The molecule has 0 bridgehead atoms. The molecule has 1 aliphatic rings. The summed E-state index contributed by atoms with van der Waals surface area (Å²) in [5.74, 6) is 0.725. The molecule has 0 saturated carbocycles. The van der Waals surface area contributed by atoms with E-state index >= 15 is 0 Å². The van der Waals surface area contributed by atoms with E-state index in [0.717, 1.165) is 4.47 Å². The van der Waals surface area contributed by atoms with Crippen LogP contribution in [-0.4, -0.2) is 44.6 Å². The number of hydrogen-bond donors (Lipinski definition) is 2. The summed E-state index contributed by atoms with van der Waals surface area (Å²) in [6.45, 7) is 0.429. The first kappa shape index (κ1) is 15.5. The van der Waals surface area contributed by atoms with Gasteiger partial charge in [0.15, 0.2) is 9.84 Å². The fraction of sp³-hybridized carbons (Fsp3) is 0.385. The van der Waals surface area contributed by atoms with Crippen LogP contribution < -0.4 is 10.1 Å². The van der Waals surface area contributed by atoms with E-state index in [4.69, 9.17) is 4.74 Å². The van der Waals surface area contributed by atoms with Gasteiger partial charge < -0.3 is 15.2 Å². The molecule has 1 aliphatic heterocycles. The van der Waals surface area contributed by atoms with Crippen molar-refractivity contribution in [1.29, 1.82) is 0 Å². The van der Waals surface area contributed by atoms with Gasteiger partial charge in [-0.15, -0.1) is 0 Å². The van der Waals surface area contributed by atoms with Crippen LogP contribution in [-0.2, 0) is 9.84 Å². The van der Waals surface area contributed by atoms with Gasteiger partial charge in [0.2, 0.25) is 0 Å². The van der Waals surface area contributed by atoms with Gasteiger partial charge in [-0.2, -0.15) is 0 Å². The Balaban J connectivity index is 1.69. The van der Waals surface area contributed by atoms with E-state index in [9.17, 15) is 13.5 Å². The second kappa shape index (κ2) is 6.71. The first-order valence-electron chi connectivity index (χ1n) is 6.15. The smallest absolute Gasteiger partial charge is 0.173 e. The fourth-order valence-electron chi connectivity index (χ4n) is 1.77. The number of aliphatic hydroxyl groups excluding tert-OH is 1. The number of ether oxygens (including phenoxy) is 1. The lowest BCUT2D eigenvalue weighted by Gasteiger charge is -2.15. The normalized spacial score (nSPS) is 21.8. The molecule has 20 heavy (non-hydrogen) atoms. The molecule has 110 valence electrons. The zero-order valence-electron chi connectivity index (χ0n) is 10.7. The zero-order valence-corrected chi connectivity index (χ0v) is 13.1. The summed E-state index contributed by atoms with van der Waals surface area (Å²) in [5.41, 5.74) is 0. The fourth-order valence-corrected chi connectivity index (χ4v) is 3.31. The summed E-state index contributed by atoms with van der Waals surface area (Å²) in [6.07, 6.45) is 0.896. The van der Waals surface area contributed by atoms with Crippen molar-refractivity contribution >= 4 is 25.8 Å². The van der Waals surface area contributed by atoms with Gasteiger partial charge in [0.25, 0.3) is 0 Å². The highest BCUT2D eigenvalue weighted by Crippen LogP contribution is 2.16. The molecule has 0 aliphatic carbocycles. The van der Waals surface area contributed by atoms with Gasteiger partial charge in [0.05, 0.1) is 5.75 Å². The SMILES string of the molecule is O=S1(=O)C=CC(NCC(O)COc2ccc(Br)cc2)C1. The molecule has 1 aromatic rings. The van der Waals surface area contributed by atoms with Crippen molar-refractivity contribution in [3.63, 3.8) is 0 Å². The third-order valence-corrected chi connectivity index (χ3v) is 4.73. The molecule has 0 amide bonds. The topological polar surface area (TPSA) is 75.6 Å². The van der Waals surface area contributed by atoms with Gasteiger partial charge in [0.1, 0.15) is 18.5 Å². The molecule has 0 fully saturated rings. The van der Waals surface area contributed by atoms with Crippen LogP contribution in [0.1, 0.15) is 0 Å². The molecule has 2 rings (SSSR count). The van der Waals surface area contributed by atoms with E-state index in [-0.39, 0.29) is 24.9 Å². The summed E-state index contributed by atoms with van der Waals surface area (Å²) in [7, 11) is -3.06. The summed E-state index contributed by atoms with van der Waals surface area (Å²) in [4.78, 5) is 0. The number of sulfone groups is 1. The first-order chi connectivity index (χ1) is 9.44. The number of halogens is 1. The third kappa shape index (κ3) is 4.90. The Morgan fingerprint density at radius 2 is 2.10 bits per heavy atom. The maximum absolute atomic E-state index is 11.2. The van der Waals surface area contributed by atoms with E-state index in [1.54, 1.807) is 18.2 Å². The van der Waals surface area contributed by atoms with E-state index in [0.29, 0.717) is 5.75 Å². The zero-order chi connectivity index (χ0) is 14.6. The summed E-state index contributed by atoms with van der Waals surface area (Å²) < 4.78 is 28.8. The van der Waals surface area contributed by atoms with Crippen molar-refractivity contribution in [3.8, 4) is 5.75 Å². The van der Waals surface area contributed by atoms with Gasteiger partial charge in [-0.05, 0) is 24.3 Å². The van der Waals surface area contributed by atoms with E-state index in [1.807, 2.05) is 12.1 Å². The van der Waals surface area contributed by atoms with E-state index < -0.39 is 15.9 Å². The Bertz CT molecular complexity index is 571. The predicted octanol–water partition coefficient (Wildman–Crippen LogP) is 1.09. The van der Waals surface area contributed by atoms with Crippen LogP contribution >= 0.6 is 15.9 Å². The van der Waals surface area contributed by atoms with Crippen molar-refractivity contribution in [3.05, 3.63) is 40.2 Å². The molecular weight excluding hydrogens is 346 g/mol. The Morgan fingerprint density at radius 1 is 1.40 bits per heavy atom. The minimum absolute atomic E-state index is 0.0489. The van der Waals surface area contributed by atoms with Crippen molar-refractivity contribution in [2.45, 2.75) is 12.1 Å². The number of benzene rings is 1. The van der Waals surface area contributed by atoms with Crippen LogP contribution in [0.15, 0.2) is 40.2 Å². The first-order valence-corrected chi connectivity index (χ1v) is 8.66. The van der Waals surface area contributed by atoms with Crippen LogP contribution in [0.5, 0.6) is 5.75 Å². The standard InChI is InChI=1S/C13H16BrNO4S/c14-10-1-3-13(4-2-10)19-8-12(16)7-15-11-5-6-20(17,18)9-11/h1-6,11-12,15-16H,7-9H2. The van der Waals surface area contributed by atoms with E-state index in [1.165, 1.54) is 5.41 Å². The van der Waals surface area contributed by atoms with Crippen LogP contribution in [0.2, 0.25) is 0 Å². The number of rotatable bonds is 6. The Kier molecular flexibility index (Phi) is 5.20. The minimum atomic E-state index is -3.06. The second-order valence-corrected chi connectivity index (χ2v) is 7.44. The number of aliphatic hydroxyl groups is 1. The van der Waals surface area contributed by atoms with E-state index in [2.05, 4.69) is 21.2 Å². The van der Waals surface area contributed by atoms with Crippen molar-refractivity contribution in [2.24, 2.45) is 0 Å². The van der Waals surface area contributed by atoms with Crippen LogP contribution in [0.3, 0.4) is 0 Å². The van der Waals surface area contributed by atoms with Crippen molar-refractivity contribution in [2.75, 3.05) is 18.9 Å². The molecule has 5 nitrogen and oxygen atoms in total. The molecule has 1 heterocycles. The average Bonchev–Trinajstić information content (AvgIpc) is 2.75. The highest BCUT2D eigenvalue weighted by atomic mass is 79.9. The Labute approximate surface area is 126 Å². The van der Waals surface area contributed by atoms with Gasteiger partial charge in [0, 0.05) is 22.5 Å². The molecule has 0 aromatic heterocycles. The Hall–Kier alpha value is -0.890. The van der Waals surface area contributed by atoms with Gasteiger partial charge in [-0.1, -0.05) is 22.0 Å². The molecule has 2 atom stereocenters. The second-order valence-electron chi connectivity index (χ2n) is 4.59. The molecule has 7 heteroatoms. The van der Waals surface area contributed by atoms with Gasteiger partial charge in [-0.3, -0.25) is 0 Å². The molecule has 0 radical (unpaired) electrons. The molecule has 2 unspecified atom stereocenters. The molecular formula is C13H16BrNO4S. The van der Waals surface area contributed by atoms with Gasteiger partial charge in [-0.25, -0.2) is 8.42 Å². The lowest BCUT2D eigenvalue weighted by Crippen LogP contribution is -2.38. The van der Waals surface area contributed by atoms with Crippen LogP contribution in [0.25, 0.3) is 0 Å². The molecule has 0 saturated heterocycles. The van der Waals surface area contributed by atoms with Crippen molar-refractivity contribution < 1.29 is 18.3 Å². The molecule has 2 N–H and O–H groups in total. The number of nitrogens with one attached hydrogen (secondary N) is 1. The highest BCUT2D eigenvalue weighted by Gasteiger charge is 2.21. The lowest BCUT2D eigenvalue weighted by molar-refractivity contribution is 0.105. The minimum Gasteiger partial charge on any atom is -0.491 e. The summed E-state index contributed by atoms with van der Waals surface area (Å²) in [6, 6.07) is 7.08. The third-order valence-electron chi connectivity index (χ3n) is 2.80. The summed E-state index contributed by atoms with van der Waals surface area (Å²) in [5, 5.41) is 14.0. The van der Waals surface area contributed by atoms with Crippen LogP contribution in [0, 0.1) is 0 Å². The molecule has 1 aromatic carbocycles. The molecule has 0 spiro atoms. The lowest BCUT2D eigenvalue weighted by atomic mass is 10.3. The summed E-state index contributed by atoms with van der Waals surface area (Å²) >= 11 is 3.33. The monoisotopic (exact) mass is 361 g/mol. The van der Waals surface area contributed by atoms with Gasteiger partial charge >= 0.3 is 0 Å². The predicted molar refractivity (Wildman–Crippen MR) is 80.4 cm³/mol. The highest BCUT2D eigenvalue weighted by molar-refractivity contribution is 9.10. The maximum atomic E-state index is 11.2. The average molecular weight is 362 g/mol. The largest absolute Gasteiger partial charge is 0.491 e. The van der Waals surface area contributed by atoms with Crippen molar-refractivity contribution in [1.82, 2.24) is 5.32 Å². The number of hydrogen-bond acceptors (Lipinski definition) is 5.